The second-order valence-electron chi connectivity index (χ2n) is 8.50. The van der Waals surface area contributed by atoms with Crippen molar-refractivity contribution in [3.05, 3.63) is 67.0 Å². The minimum Gasteiger partial charge on any atom is -0.475 e. The Labute approximate surface area is 213 Å². The number of anilines is 3. The maximum atomic E-state index is 13.6. The lowest BCUT2D eigenvalue weighted by atomic mass is 10.1. The lowest BCUT2D eigenvalue weighted by molar-refractivity contribution is -0.111. The quantitative estimate of drug-likeness (QED) is 0.326. The SMILES string of the molecule is C=CC(=O)Nc1cccc(N2C(=O)N(C3CC3)Cc3cnc(Oc4ccc(OCCOC)nc4)nc32)c1. The van der Waals surface area contributed by atoms with Crippen molar-refractivity contribution in [1.82, 2.24) is 19.9 Å². The molecule has 0 unspecified atom stereocenters. The molecule has 3 amide bonds. The molecule has 5 rings (SSSR count). The van der Waals surface area contributed by atoms with E-state index in [9.17, 15) is 9.59 Å². The van der Waals surface area contributed by atoms with Crippen molar-refractivity contribution in [2.24, 2.45) is 0 Å². The summed E-state index contributed by atoms with van der Waals surface area (Å²) in [5, 5.41) is 2.73. The average molecular weight is 503 g/mol. The maximum Gasteiger partial charge on any atom is 0.330 e. The molecule has 3 aromatic rings. The van der Waals surface area contributed by atoms with E-state index in [1.807, 2.05) is 4.90 Å². The van der Waals surface area contributed by atoms with Crippen LogP contribution < -0.4 is 19.7 Å². The van der Waals surface area contributed by atoms with Gasteiger partial charge in [-0.1, -0.05) is 12.6 Å². The first-order valence-corrected chi connectivity index (χ1v) is 11.8. The Hall–Kier alpha value is -4.51. The van der Waals surface area contributed by atoms with Gasteiger partial charge in [0.1, 0.15) is 12.4 Å². The molecule has 0 saturated heterocycles. The number of urea groups is 1. The summed E-state index contributed by atoms with van der Waals surface area (Å²) in [4.78, 5) is 41.9. The molecule has 1 aliphatic heterocycles. The normalized spacial score (nSPS) is 14.7. The number of hydrogen-bond donors (Lipinski definition) is 1. The topological polar surface area (TPSA) is 119 Å². The number of hydrogen-bond acceptors (Lipinski definition) is 8. The van der Waals surface area contributed by atoms with Crippen LogP contribution in [-0.4, -0.2) is 58.2 Å². The first-order chi connectivity index (χ1) is 18.1. The fourth-order valence-corrected chi connectivity index (χ4v) is 3.87. The first kappa shape index (κ1) is 24.2. The zero-order chi connectivity index (χ0) is 25.8. The molecule has 2 aromatic heterocycles. The molecule has 3 heterocycles. The average Bonchev–Trinajstić information content (AvgIpc) is 3.75. The monoisotopic (exact) mass is 502 g/mol. The van der Waals surface area contributed by atoms with Crippen LogP contribution in [0.25, 0.3) is 0 Å². The second-order valence-corrected chi connectivity index (χ2v) is 8.50. The number of ether oxygens (including phenoxy) is 3. The number of nitrogens with zero attached hydrogens (tertiary/aromatic N) is 5. The predicted octanol–water partition coefficient (Wildman–Crippen LogP) is 4.05. The van der Waals surface area contributed by atoms with Crippen LogP contribution >= 0.6 is 0 Å². The van der Waals surface area contributed by atoms with Crippen LogP contribution in [0.4, 0.5) is 22.0 Å². The highest BCUT2D eigenvalue weighted by Gasteiger charge is 2.41. The van der Waals surface area contributed by atoms with Crippen molar-refractivity contribution in [2.45, 2.75) is 25.4 Å². The molecule has 190 valence electrons. The third-order valence-electron chi connectivity index (χ3n) is 5.81. The van der Waals surface area contributed by atoms with Crippen molar-refractivity contribution in [1.29, 1.82) is 0 Å². The smallest absolute Gasteiger partial charge is 0.330 e. The number of rotatable bonds is 10. The Morgan fingerprint density at radius 2 is 2.05 bits per heavy atom. The molecular formula is C26H26N6O5. The Balaban J connectivity index is 1.43. The molecule has 0 spiro atoms. The van der Waals surface area contributed by atoms with Crippen molar-refractivity contribution in [3.8, 4) is 17.6 Å². The highest BCUT2D eigenvalue weighted by Crippen LogP contribution is 2.40. The van der Waals surface area contributed by atoms with Crippen LogP contribution in [-0.2, 0) is 16.1 Å². The molecule has 1 aromatic carbocycles. The summed E-state index contributed by atoms with van der Waals surface area (Å²) in [5.41, 5.74) is 1.88. The zero-order valence-electron chi connectivity index (χ0n) is 20.3. The Morgan fingerprint density at radius 3 is 2.78 bits per heavy atom. The van der Waals surface area contributed by atoms with Crippen molar-refractivity contribution in [2.75, 3.05) is 30.5 Å². The van der Waals surface area contributed by atoms with Gasteiger partial charge in [0.15, 0.2) is 5.82 Å². The van der Waals surface area contributed by atoms with Gasteiger partial charge in [-0.3, -0.25) is 4.79 Å². The minimum atomic E-state index is -0.344. The van der Waals surface area contributed by atoms with E-state index in [0.717, 1.165) is 18.4 Å². The van der Waals surface area contributed by atoms with Gasteiger partial charge in [0, 0.05) is 36.7 Å². The van der Waals surface area contributed by atoms with E-state index in [2.05, 4.69) is 26.8 Å². The minimum absolute atomic E-state index is 0.0717. The molecule has 1 aliphatic carbocycles. The Bertz CT molecular complexity index is 1310. The standard InChI is InChI=1S/C26H26N6O5/c1-3-22(33)29-18-5-4-6-20(13-18)32-24-17(16-31(26(32)34)19-7-8-19)14-28-25(30-24)37-21-9-10-23(27-15-21)36-12-11-35-2/h3-6,9-10,13-15,19H,1,7-8,11-12,16H2,2H3,(H,29,33). The predicted molar refractivity (Wildman–Crippen MR) is 135 cm³/mol. The number of fused-ring (bicyclic) bond motifs is 1. The summed E-state index contributed by atoms with van der Waals surface area (Å²) in [5.74, 6) is 0.938. The van der Waals surface area contributed by atoms with Gasteiger partial charge in [-0.15, -0.1) is 0 Å². The molecule has 0 bridgehead atoms. The van der Waals surface area contributed by atoms with Crippen LogP contribution in [0.2, 0.25) is 0 Å². The van der Waals surface area contributed by atoms with Crippen LogP contribution in [0.5, 0.6) is 17.6 Å². The van der Waals surface area contributed by atoms with Crippen LogP contribution in [0, 0.1) is 0 Å². The second kappa shape index (κ2) is 10.6. The summed E-state index contributed by atoms with van der Waals surface area (Å²) < 4.78 is 16.3. The maximum absolute atomic E-state index is 13.6. The van der Waals surface area contributed by atoms with E-state index in [1.54, 1.807) is 49.7 Å². The summed E-state index contributed by atoms with van der Waals surface area (Å²) in [6.07, 6.45) is 6.29. The van der Waals surface area contributed by atoms with Crippen molar-refractivity contribution >= 4 is 29.1 Å². The van der Waals surface area contributed by atoms with Crippen LogP contribution in [0.3, 0.4) is 0 Å². The molecular weight excluding hydrogens is 476 g/mol. The van der Waals surface area contributed by atoms with Crippen LogP contribution in [0.1, 0.15) is 18.4 Å². The molecule has 11 heteroatoms. The van der Waals surface area contributed by atoms with Gasteiger partial charge in [0.2, 0.25) is 11.8 Å². The third kappa shape index (κ3) is 5.51. The molecule has 1 saturated carbocycles. The Kier molecular flexibility index (Phi) is 6.95. The zero-order valence-corrected chi connectivity index (χ0v) is 20.3. The van der Waals surface area contributed by atoms with Gasteiger partial charge in [-0.25, -0.2) is 19.7 Å². The number of carbonyl (C=O) groups is 2. The lowest BCUT2D eigenvalue weighted by Gasteiger charge is -2.36. The lowest BCUT2D eigenvalue weighted by Crippen LogP contribution is -2.46. The van der Waals surface area contributed by atoms with Gasteiger partial charge in [0.05, 0.1) is 25.0 Å². The molecule has 0 atom stereocenters. The number of pyridine rings is 1. The van der Waals surface area contributed by atoms with Gasteiger partial charge in [-0.2, -0.15) is 4.98 Å². The number of amides is 3. The van der Waals surface area contributed by atoms with E-state index in [1.165, 1.54) is 17.2 Å². The van der Waals surface area contributed by atoms with Crippen molar-refractivity contribution in [3.63, 3.8) is 0 Å². The summed E-state index contributed by atoms with van der Waals surface area (Å²) in [6.45, 7) is 4.74. The summed E-state index contributed by atoms with van der Waals surface area (Å²) in [6, 6.07) is 10.5. The van der Waals surface area contributed by atoms with Crippen LogP contribution in [0.15, 0.2) is 61.4 Å². The van der Waals surface area contributed by atoms with E-state index < -0.39 is 0 Å². The number of carbonyl (C=O) groups excluding carboxylic acids is 2. The molecule has 2 aliphatic rings. The highest BCUT2D eigenvalue weighted by atomic mass is 16.5. The fourth-order valence-electron chi connectivity index (χ4n) is 3.87. The molecule has 1 fully saturated rings. The van der Waals surface area contributed by atoms with E-state index in [4.69, 9.17) is 14.2 Å². The number of benzene rings is 1. The number of methoxy groups -OCH3 is 1. The van der Waals surface area contributed by atoms with E-state index in [0.29, 0.717) is 48.6 Å². The van der Waals surface area contributed by atoms with Gasteiger partial charge >= 0.3 is 12.0 Å². The largest absolute Gasteiger partial charge is 0.475 e. The fraction of sp³-hybridized carbons (Fsp3) is 0.269. The van der Waals surface area contributed by atoms with Crippen molar-refractivity contribution < 1.29 is 23.8 Å². The first-order valence-electron chi connectivity index (χ1n) is 11.8. The van der Waals surface area contributed by atoms with Gasteiger partial charge in [-0.05, 0) is 43.2 Å². The highest BCUT2D eigenvalue weighted by molar-refractivity contribution is 6.03. The molecule has 11 nitrogen and oxygen atoms in total. The van der Waals surface area contributed by atoms with E-state index >= 15 is 0 Å². The van der Waals surface area contributed by atoms with Gasteiger partial charge < -0.3 is 24.4 Å². The van der Waals surface area contributed by atoms with E-state index in [-0.39, 0.29) is 24.0 Å². The molecule has 37 heavy (non-hydrogen) atoms. The number of aromatic nitrogens is 3. The van der Waals surface area contributed by atoms with Gasteiger partial charge in [0.25, 0.3) is 0 Å². The molecule has 0 radical (unpaired) electrons. The third-order valence-corrected chi connectivity index (χ3v) is 5.81. The molecule has 1 N–H and O–H groups in total. The summed E-state index contributed by atoms with van der Waals surface area (Å²) in [7, 11) is 1.60. The Morgan fingerprint density at radius 1 is 1.19 bits per heavy atom. The number of nitrogens with one attached hydrogen (secondary N) is 1. The summed E-state index contributed by atoms with van der Waals surface area (Å²) >= 11 is 0.